The van der Waals surface area contributed by atoms with Crippen LogP contribution in [0.15, 0.2) is 24.3 Å². The molecule has 0 unspecified atom stereocenters. The number of para-hydroxylation sites is 1. The first kappa shape index (κ1) is 19.4. The number of unbranched alkanes of at least 4 members (excludes halogenated alkanes) is 1. The van der Waals surface area contributed by atoms with Gasteiger partial charge in [0.15, 0.2) is 0 Å². The van der Waals surface area contributed by atoms with Crippen LogP contribution in [0.1, 0.15) is 49.9 Å². The number of nitrogens with one attached hydrogen (secondary N) is 1. The monoisotopic (exact) mass is 345 g/mol. The van der Waals surface area contributed by atoms with Crippen molar-refractivity contribution < 1.29 is 9.59 Å². The molecule has 0 saturated carbocycles. The van der Waals surface area contributed by atoms with E-state index < -0.39 is 0 Å². The van der Waals surface area contributed by atoms with Crippen LogP contribution in [0.3, 0.4) is 0 Å². The number of likely N-dealkylation sites (N-methyl/N-ethyl adjacent to an activating group) is 1. The van der Waals surface area contributed by atoms with Gasteiger partial charge in [-0.1, -0.05) is 38.8 Å². The zero-order valence-corrected chi connectivity index (χ0v) is 15.8. The van der Waals surface area contributed by atoms with Gasteiger partial charge in [0.1, 0.15) is 0 Å². The second-order valence-corrected chi connectivity index (χ2v) is 7.03. The molecule has 1 aromatic carbocycles. The van der Waals surface area contributed by atoms with E-state index in [9.17, 15) is 9.59 Å². The minimum Gasteiger partial charge on any atom is -0.337 e. The maximum absolute atomic E-state index is 13.0. The summed E-state index contributed by atoms with van der Waals surface area (Å²) in [4.78, 5) is 29.5. The van der Waals surface area contributed by atoms with Crippen LogP contribution in [-0.2, 0) is 4.79 Å². The number of hydrogen-bond donors (Lipinski definition) is 1. The van der Waals surface area contributed by atoms with E-state index >= 15 is 0 Å². The van der Waals surface area contributed by atoms with Crippen molar-refractivity contribution in [3.05, 3.63) is 29.8 Å². The van der Waals surface area contributed by atoms with Crippen molar-refractivity contribution in [2.45, 2.75) is 39.5 Å². The maximum Gasteiger partial charge on any atom is 0.256 e. The van der Waals surface area contributed by atoms with Crippen LogP contribution in [0.4, 0.5) is 5.69 Å². The average molecular weight is 345 g/mol. The number of anilines is 1. The highest BCUT2D eigenvalue weighted by atomic mass is 16.2. The first-order chi connectivity index (χ1) is 12.0. The Morgan fingerprint density at radius 1 is 1.16 bits per heavy atom. The molecule has 1 aliphatic heterocycles. The van der Waals surface area contributed by atoms with Crippen LogP contribution in [0.5, 0.6) is 0 Å². The minimum absolute atomic E-state index is 0.00686. The Morgan fingerprint density at radius 3 is 2.68 bits per heavy atom. The van der Waals surface area contributed by atoms with E-state index in [4.69, 9.17) is 0 Å². The summed E-state index contributed by atoms with van der Waals surface area (Å²) < 4.78 is 0. The van der Waals surface area contributed by atoms with E-state index in [2.05, 4.69) is 24.2 Å². The molecule has 1 atom stereocenters. The van der Waals surface area contributed by atoms with E-state index in [-0.39, 0.29) is 17.7 Å². The third kappa shape index (κ3) is 5.56. The SMILES string of the molecule is CCCC[C@H](C)C(=O)Nc1ccccc1C(=O)N1CCCN(C)CC1. The van der Waals surface area contributed by atoms with Gasteiger partial charge in [0.05, 0.1) is 11.3 Å². The summed E-state index contributed by atoms with van der Waals surface area (Å²) in [6.07, 6.45) is 3.97. The number of nitrogens with zero attached hydrogens (tertiary/aromatic N) is 2. The minimum atomic E-state index is -0.0463. The van der Waals surface area contributed by atoms with Gasteiger partial charge < -0.3 is 15.1 Å². The second-order valence-electron chi connectivity index (χ2n) is 7.03. The molecule has 1 heterocycles. The Balaban J connectivity index is 2.09. The van der Waals surface area contributed by atoms with Crippen molar-refractivity contribution in [3.8, 4) is 0 Å². The van der Waals surface area contributed by atoms with Crippen LogP contribution in [0, 0.1) is 5.92 Å². The highest BCUT2D eigenvalue weighted by Gasteiger charge is 2.22. The molecule has 0 bridgehead atoms. The fourth-order valence-electron chi connectivity index (χ4n) is 3.10. The molecule has 1 fully saturated rings. The van der Waals surface area contributed by atoms with Gasteiger partial charge in [-0.05, 0) is 38.6 Å². The normalized spacial score (nSPS) is 17.0. The summed E-state index contributed by atoms with van der Waals surface area (Å²) in [5, 5.41) is 2.97. The van der Waals surface area contributed by atoms with E-state index in [0.29, 0.717) is 11.3 Å². The van der Waals surface area contributed by atoms with Crippen molar-refractivity contribution >= 4 is 17.5 Å². The fourth-order valence-corrected chi connectivity index (χ4v) is 3.10. The van der Waals surface area contributed by atoms with Crippen LogP contribution in [0.2, 0.25) is 0 Å². The highest BCUT2D eigenvalue weighted by molar-refractivity contribution is 6.04. The summed E-state index contributed by atoms with van der Waals surface area (Å²) in [5.41, 5.74) is 1.21. The van der Waals surface area contributed by atoms with Gasteiger partial charge in [-0.2, -0.15) is 0 Å². The van der Waals surface area contributed by atoms with Crippen LogP contribution < -0.4 is 5.32 Å². The topological polar surface area (TPSA) is 52.7 Å². The number of hydrogen-bond acceptors (Lipinski definition) is 3. The average Bonchev–Trinajstić information content (AvgIpc) is 2.84. The lowest BCUT2D eigenvalue weighted by Gasteiger charge is -2.22. The lowest BCUT2D eigenvalue weighted by molar-refractivity contribution is -0.119. The molecule has 1 N–H and O–H groups in total. The lowest BCUT2D eigenvalue weighted by Crippen LogP contribution is -2.35. The Kier molecular flexibility index (Phi) is 7.44. The molecule has 1 saturated heterocycles. The van der Waals surface area contributed by atoms with Gasteiger partial charge >= 0.3 is 0 Å². The highest BCUT2D eigenvalue weighted by Crippen LogP contribution is 2.20. The standard InChI is InChI=1S/C20H31N3O2/c1-4-5-9-16(2)19(24)21-18-11-7-6-10-17(18)20(25)23-13-8-12-22(3)14-15-23/h6-7,10-11,16H,4-5,8-9,12-15H2,1-3H3,(H,21,24)/t16-/m0/s1. The second kappa shape index (κ2) is 9.56. The van der Waals surface area contributed by atoms with Crippen LogP contribution in [0.25, 0.3) is 0 Å². The van der Waals surface area contributed by atoms with Crippen molar-refractivity contribution in [3.63, 3.8) is 0 Å². The Bertz CT molecular complexity index is 588. The number of benzene rings is 1. The molecule has 1 aromatic rings. The Labute approximate surface area is 151 Å². The molecule has 0 aromatic heterocycles. The third-order valence-corrected chi connectivity index (χ3v) is 4.86. The molecule has 5 heteroatoms. The van der Waals surface area contributed by atoms with Gasteiger partial charge in [0, 0.05) is 25.6 Å². The van der Waals surface area contributed by atoms with E-state index in [1.165, 1.54) is 0 Å². The zero-order valence-electron chi connectivity index (χ0n) is 15.8. The lowest BCUT2D eigenvalue weighted by atomic mass is 10.0. The zero-order chi connectivity index (χ0) is 18.2. The van der Waals surface area contributed by atoms with Gasteiger partial charge in [-0.3, -0.25) is 9.59 Å². The first-order valence-electron chi connectivity index (χ1n) is 9.40. The fraction of sp³-hybridized carbons (Fsp3) is 0.600. The Morgan fingerprint density at radius 2 is 1.92 bits per heavy atom. The molecule has 0 aliphatic carbocycles. The maximum atomic E-state index is 13.0. The van der Waals surface area contributed by atoms with Gasteiger partial charge in [0.2, 0.25) is 5.91 Å². The number of rotatable bonds is 6. The van der Waals surface area contributed by atoms with E-state index in [1.807, 2.05) is 36.1 Å². The van der Waals surface area contributed by atoms with Gasteiger partial charge in [0.25, 0.3) is 5.91 Å². The molecule has 138 valence electrons. The van der Waals surface area contributed by atoms with Gasteiger partial charge in [-0.15, -0.1) is 0 Å². The summed E-state index contributed by atoms with van der Waals surface area (Å²) in [7, 11) is 2.08. The summed E-state index contributed by atoms with van der Waals surface area (Å²) in [6.45, 7) is 7.45. The smallest absolute Gasteiger partial charge is 0.256 e. The van der Waals surface area contributed by atoms with Crippen molar-refractivity contribution in [1.82, 2.24) is 9.80 Å². The molecular formula is C20H31N3O2. The van der Waals surface area contributed by atoms with Crippen molar-refractivity contribution in [1.29, 1.82) is 0 Å². The quantitative estimate of drug-likeness (QED) is 0.861. The number of amides is 2. The summed E-state index contributed by atoms with van der Waals surface area (Å²) >= 11 is 0. The molecule has 1 aliphatic rings. The third-order valence-electron chi connectivity index (χ3n) is 4.86. The van der Waals surface area contributed by atoms with Crippen molar-refractivity contribution in [2.24, 2.45) is 5.92 Å². The predicted molar refractivity (Wildman–Crippen MR) is 102 cm³/mol. The van der Waals surface area contributed by atoms with E-state index in [1.54, 1.807) is 0 Å². The predicted octanol–water partition coefficient (Wildman–Crippen LogP) is 3.23. The molecular weight excluding hydrogens is 314 g/mol. The molecule has 25 heavy (non-hydrogen) atoms. The molecule has 5 nitrogen and oxygen atoms in total. The Hall–Kier alpha value is -1.88. The van der Waals surface area contributed by atoms with Crippen molar-refractivity contribution in [2.75, 3.05) is 38.5 Å². The number of carbonyl (C=O) groups excluding carboxylic acids is 2. The summed E-state index contributed by atoms with van der Waals surface area (Å²) in [6, 6.07) is 7.34. The summed E-state index contributed by atoms with van der Waals surface area (Å²) in [5.74, 6) is -0.0494. The molecule has 0 radical (unpaired) electrons. The number of carbonyl (C=O) groups is 2. The molecule has 2 rings (SSSR count). The van der Waals surface area contributed by atoms with Crippen LogP contribution in [-0.4, -0.2) is 54.8 Å². The van der Waals surface area contributed by atoms with Gasteiger partial charge in [-0.25, -0.2) is 0 Å². The van der Waals surface area contributed by atoms with E-state index in [0.717, 1.165) is 51.9 Å². The largest absolute Gasteiger partial charge is 0.337 e. The first-order valence-corrected chi connectivity index (χ1v) is 9.40. The van der Waals surface area contributed by atoms with Crippen LogP contribution >= 0.6 is 0 Å². The molecule has 0 spiro atoms. The molecule has 2 amide bonds.